The molecular weight excluding hydrogens is 298 g/mol. The van der Waals surface area contributed by atoms with Crippen LogP contribution in [0.1, 0.15) is 38.2 Å². The Morgan fingerprint density at radius 1 is 1.17 bits per heavy atom. The minimum absolute atomic E-state index is 0.446. The Kier molecular flexibility index (Phi) is 4.47. The van der Waals surface area contributed by atoms with Crippen LogP contribution in [-0.2, 0) is 4.74 Å². The quantitative estimate of drug-likeness (QED) is 0.822. The van der Waals surface area contributed by atoms with Gasteiger partial charge >= 0.3 is 0 Å². The molecule has 0 aliphatic carbocycles. The lowest BCUT2D eigenvalue weighted by Gasteiger charge is -2.45. The summed E-state index contributed by atoms with van der Waals surface area (Å²) in [5, 5.41) is 2.54. The molecule has 2 bridgehead atoms. The van der Waals surface area contributed by atoms with E-state index < -0.39 is 0 Å². The lowest BCUT2D eigenvalue weighted by Crippen LogP contribution is -2.55. The highest BCUT2D eigenvalue weighted by Gasteiger charge is 2.34. The molecule has 128 valence electrons. The third-order valence-electron chi connectivity index (χ3n) is 5.44. The minimum atomic E-state index is 0.446. The standard InChI is InChI=1S/C21H27NO2/c1-15(2)20-11-16-5-3-4-6-17(16)12-21(20)23-10-9-22-13-19-8-7-18(22)14-24-19/h3-6,11-12,15,18-19H,7-10,13-14H2,1-2H3. The van der Waals surface area contributed by atoms with Crippen LogP contribution in [0.15, 0.2) is 36.4 Å². The van der Waals surface area contributed by atoms with E-state index >= 15 is 0 Å². The summed E-state index contributed by atoms with van der Waals surface area (Å²) in [4.78, 5) is 2.55. The largest absolute Gasteiger partial charge is 0.492 e. The average molecular weight is 325 g/mol. The predicted octanol–water partition coefficient (Wildman–Crippen LogP) is 4.21. The van der Waals surface area contributed by atoms with E-state index in [-0.39, 0.29) is 0 Å². The van der Waals surface area contributed by atoms with Crippen molar-refractivity contribution in [1.82, 2.24) is 4.90 Å². The molecule has 0 radical (unpaired) electrons. The van der Waals surface area contributed by atoms with Crippen molar-refractivity contribution in [3.63, 3.8) is 0 Å². The molecule has 0 saturated carbocycles. The van der Waals surface area contributed by atoms with E-state index in [1.165, 1.54) is 29.2 Å². The van der Waals surface area contributed by atoms with Crippen molar-refractivity contribution in [2.24, 2.45) is 0 Å². The van der Waals surface area contributed by atoms with Gasteiger partial charge in [-0.25, -0.2) is 0 Å². The Labute approximate surface area is 144 Å². The van der Waals surface area contributed by atoms with E-state index in [1.807, 2.05) is 0 Å². The van der Waals surface area contributed by atoms with Crippen molar-refractivity contribution < 1.29 is 9.47 Å². The summed E-state index contributed by atoms with van der Waals surface area (Å²) < 4.78 is 12.0. The second-order valence-corrected chi connectivity index (χ2v) is 7.42. The first-order valence-corrected chi connectivity index (χ1v) is 9.22. The van der Waals surface area contributed by atoms with Crippen LogP contribution >= 0.6 is 0 Å². The smallest absolute Gasteiger partial charge is 0.123 e. The van der Waals surface area contributed by atoms with Gasteiger partial charge in [0, 0.05) is 19.1 Å². The number of piperidine rings is 1. The average Bonchev–Trinajstić information content (AvgIpc) is 2.62. The molecule has 0 N–H and O–H groups in total. The number of hydrogen-bond acceptors (Lipinski definition) is 3. The molecule has 2 aromatic carbocycles. The third-order valence-corrected chi connectivity index (χ3v) is 5.44. The zero-order valence-electron chi connectivity index (χ0n) is 14.7. The molecular formula is C21H27NO2. The fourth-order valence-electron chi connectivity index (χ4n) is 3.99. The number of nitrogens with zero attached hydrogens (tertiary/aromatic N) is 1. The number of rotatable bonds is 5. The van der Waals surface area contributed by atoms with E-state index in [1.54, 1.807) is 0 Å². The van der Waals surface area contributed by atoms with E-state index in [2.05, 4.69) is 55.1 Å². The van der Waals surface area contributed by atoms with Gasteiger partial charge in [0.1, 0.15) is 12.4 Å². The number of ether oxygens (including phenoxy) is 2. The molecule has 5 rings (SSSR count). The summed E-state index contributed by atoms with van der Waals surface area (Å²) >= 11 is 0. The summed E-state index contributed by atoms with van der Waals surface area (Å²) in [6.45, 7) is 8.19. The third kappa shape index (κ3) is 3.15. The molecule has 3 fully saturated rings. The maximum Gasteiger partial charge on any atom is 0.123 e. The summed E-state index contributed by atoms with van der Waals surface area (Å²) in [5.41, 5.74) is 1.30. The Bertz CT molecular complexity index is 704. The molecule has 3 heterocycles. The monoisotopic (exact) mass is 325 g/mol. The van der Waals surface area contributed by atoms with E-state index in [4.69, 9.17) is 9.47 Å². The molecule has 2 aromatic rings. The van der Waals surface area contributed by atoms with Crippen LogP contribution in [0.3, 0.4) is 0 Å². The molecule has 2 atom stereocenters. The van der Waals surface area contributed by atoms with Crippen molar-refractivity contribution in [3.8, 4) is 5.75 Å². The molecule has 3 saturated heterocycles. The van der Waals surface area contributed by atoms with Gasteiger partial charge in [-0.15, -0.1) is 0 Å². The number of morpholine rings is 1. The first kappa shape index (κ1) is 15.9. The highest BCUT2D eigenvalue weighted by Crippen LogP contribution is 2.32. The maximum absolute atomic E-state index is 6.23. The van der Waals surface area contributed by atoms with Gasteiger partial charge in [-0.3, -0.25) is 4.90 Å². The second-order valence-electron chi connectivity index (χ2n) is 7.42. The topological polar surface area (TPSA) is 21.7 Å². The molecule has 24 heavy (non-hydrogen) atoms. The van der Waals surface area contributed by atoms with Gasteiger partial charge < -0.3 is 9.47 Å². The first-order valence-electron chi connectivity index (χ1n) is 9.22. The molecule has 0 amide bonds. The first-order chi connectivity index (χ1) is 11.7. The Morgan fingerprint density at radius 3 is 2.58 bits per heavy atom. The highest BCUT2D eigenvalue weighted by atomic mass is 16.5. The van der Waals surface area contributed by atoms with Crippen molar-refractivity contribution >= 4 is 10.8 Å². The molecule has 3 aliphatic rings. The van der Waals surface area contributed by atoms with E-state index in [9.17, 15) is 0 Å². The fraction of sp³-hybridized carbons (Fsp3) is 0.524. The molecule has 3 aliphatic heterocycles. The highest BCUT2D eigenvalue weighted by molar-refractivity contribution is 5.85. The molecule has 0 spiro atoms. The van der Waals surface area contributed by atoms with E-state index in [0.29, 0.717) is 18.1 Å². The van der Waals surface area contributed by atoms with Crippen molar-refractivity contribution in [2.45, 2.75) is 44.8 Å². The van der Waals surface area contributed by atoms with Crippen LogP contribution in [0, 0.1) is 0 Å². The van der Waals surface area contributed by atoms with Crippen molar-refractivity contribution in [1.29, 1.82) is 0 Å². The predicted molar refractivity (Wildman–Crippen MR) is 97.9 cm³/mol. The second kappa shape index (κ2) is 6.73. The Morgan fingerprint density at radius 2 is 1.96 bits per heavy atom. The van der Waals surface area contributed by atoms with Crippen LogP contribution in [-0.4, -0.2) is 43.3 Å². The minimum Gasteiger partial charge on any atom is -0.492 e. The summed E-state index contributed by atoms with van der Waals surface area (Å²) in [5.74, 6) is 1.51. The van der Waals surface area contributed by atoms with Crippen LogP contribution in [0.2, 0.25) is 0 Å². The Hall–Kier alpha value is -1.58. The van der Waals surface area contributed by atoms with Gasteiger partial charge in [0.05, 0.1) is 12.7 Å². The van der Waals surface area contributed by atoms with Crippen LogP contribution < -0.4 is 4.74 Å². The normalized spacial score (nSPS) is 24.0. The lowest BCUT2D eigenvalue weighted by molar-refractivity contribution is -0.107. The summed E-state index contributed by atoms with van der Waals surface area (Å²) in [7, 11) is 0. The van der Waals surface area contributed by atoms with Crippen molar-refractivity contribution in [2.75, 3.05) is 26.3 Å². The SMILES string of the molecule is CC(C)c1cc2ccccc2cc1OCCN1CC2CCC1CO2. The van der Waals surface area contributed by atoms with Gasteiger partial charge in [0.15, 0.2) is 0 Å². The Balaban J connectivity index is 1.46. The fourth-order valence-corrected chi connectivity index (χ4v) is 3.99. The number of hydrogen-bond donors (Lipinski definition) is 0. The molecule has 3 heteroatoms. The van der Waals surface area contributed by atoms with Gasteiger partial charge in [-0.2, -0.15) is 0 Å². The summed E-state index contributed by atoms with van der Waals surface area (Å²) in [6, 6.07) is 13.6. The lowest BCUT2D eigenvalue weighted by atomic mass is 9.97. The van der Waals surface area contributed by atoms with Gasteiger partial charge in [0.25, 0.3) is 0 Å². The number of fused-ring (bicyclic) bond motifs is 4. The molecule has 3 nitrogen and oxygen atoms in total. The van der Waals surface area contributed by atoms with Crippen LogP contribution in [0.5, 0.6) is 5.75 Å². The zero-order chi connectivity index (χ0) is 16.5. The zero-order valence-corrected chi connectivity index (χ0v) is 14.7. The maximum atomic E-state index is 6.23. The van der Waals surface area contributed by atoms with Crippen LogP contribution in [0.25, 0.3) is 10.8 Å². The van der Waals surface area contributed by atoms with E-state index in [0.717, 1.165) is 32.1 Å². The van der Waals surface area contributed by atoms with Crippen molar-refractivity contribution in [3.05, 3.63) is 42.0 Å². The molecule has 2 unspecified atom stereocenters. The van der Waals surface area contributed by atoms with Gasteiger partial charge in [-0.05, 0) is 47.2 Å². The number of benzene rings is 2. The summed E-state index contributed by atoms with van der Waals surface area (Å²) in [6.07, 6.45) is 2.95. The van der Waals surface area contributed by atoms with Crippen LogP contribution in [0.4, 0.5) is 0 Å². The molecule has 0 aromatic heterocycles. The van der Waals surface area contributed by atoms with Gasteiger partial charge in [0.2, 0.25) is 0 Å². The van der Waals surface area contributed by atoms with Gasteiger partial charge in [-0.1, -0.05) is 38.1 Å².